The first-order valence-electron chi connectivity index (χ1n) is 7.53. The Bertz CT molecular complexity index is 364. The molecule has 0 aromatic rings. The van der Waals surface area contributed by atoms with Crippen molar-refractivity contribution in [3.63, 3.8) is 0 Å². The molecule has 1 amide bonds. The first-order valence-corrected chi connectivity index (χ1v) is 7.53. The van der Waals surface area contributed by atoms with Crippen LogP contribution >= 0.6 is 0 Å². The Labute approximate surface area is 121 Å². The number of nitrogens with zero attached hydrogens (tertiary/aromatic N) is 4. The average Bonchev–Trinajstić information content (AvgIpc) is 2.47. The maximum Gasteiger partial charge on any atom is 0.236 e. The lowest BCUT2D eigenvalue weighted by Crippen LogP contribution is -2.51. The third-order valence-electron chi connectivity index (χ3n) is 4.47. The summed E-state index contributed by atoms with van der Waals surface area (Å²) in [5.74, 6) is 0.520. The number of rotatable bonds is 3. The van der Waals surface area contributed by atoms with E-state index in [9.17, 15) is 4.79 Å². The Morgan fingerprint density at radius 1 is 1.30 bits per heavy atom. The van der Waals surface area contributed by atoms with Crippen molar-refractivity contribution < 1.29 is 10.0 Å². The van der Waals surface area contributed by atoms with E-state index in [2.05, 4.69) is 28.9 Å². The van der Waals surface area contributed by atoms with E-state index >= 15 is 0 Å². The van der Waals surface area contributed by atoms with Gasteiger partial charge in [0.2, 0.25) is 5.91 Å². The molecule has 2 saturated heterocycles. The van der Waals surface area contributed by atoms with E-state index in [0.717, 1.165) is 57.8 Å². The van der Waals surface area contributed by atoms with Crippen LogP contribution in [0.5, 0.6) is 0 Å². The highest BCUT2D eigenvalue weighted by Gasteiger charge is 2.27. The van der Waals surface area contributed by atoms with Gasteiger partial charge in [-0.05, 0) is 13.5 Å². The van der Waals surface area contributed by atoms with Gasteiger partial charge in [-0.25, -0.2) is 0 Å². The normalized spacial score (nSPS) is 28.0. The number of carbonyl (C=O) groups is 1. The lowest BCUT2D eigenvalue weighted by Gasteiger charge is -2.36. The van der Waals surface area contributed by atoms with Crippen LogP contribution in [0.2, 0.25) is 0 Å². The van der Waals surface area contributed by atoms with E-state index < -0.39 is 0 Å². The number of piperazine rings is 1. The standard InChI is InChI=1S/C14H26N4O2/c1-3-12-10-17(5-4-13(12)15-20)11-14(19)18-8-6-16(2)7-9-18/h12,20H,3-11H2,1-2H3. The number of hydrogen-bond acceptors (Lipinski definition) is 5. The van der Waals surface area contributed by atoms with Gasteiger partial charge in [0.15, 0.2) is 0 Å². The van der Waals surface area contributed by atoms with Crippen LogP contribution in [-0.4, -0.2) is 84.4 Å². The van der Waals surface area contributed by atoms with Gasteiger partial charge in [0.05, 0.1) is 12.3 Å². The first-order chi connectivity index (χ1) is 9.63. The Morgan fingerprint density at radius 2 is 2.00 bits per heavy atom. The molecule has 0 bridgehead atoms. The van der Waals surface area contributed by atoms with Crippen LogP contribution in [0.4, 0.5) is 0 Å². The number of hydrogen-bond donors (Lipinski definition) is 1. The molecule has 0 aliphatic carbocycles. The summed E-state index contributed by atoms with van der Waals surface area (Å²) >= 11 is 0. The van der Waals surface area contributed by atoms with Crippen LogP contribution in [-0.2, 0) is 4.79 Å². The lowest BCUT2D eigenvalue weighted by molar-refractivity contribution is -0.134. The molecule has 1 unspecified atom stereocenters. The van der Waals surface area contributed by atoms with Gasteiger partial charge < -0.3 is 15.0 Å². The molecule has 0 saturated carbocycles. The fourth-order valence-electron chi connectivity index (χ4n) is 2.97. The molecule has 2 fully saturated rings. The number of piperidine rings is 1. The quantitative estimate of drug-likeness (QED) is 0.598. The fraction of sp³-hybridized carbons (Fsp3) is 0.857. The van der Waals surface area contributed by atoms with Gasteiger partial charge in [-0.15, -0.1) is 0 Å². The highest BCUT2D eigenvalue weighted by Crippen LogP contribution is 2.17. The van der Waals surface area contributed by atoms with Crippen LogP contribution in [0.25, 0.3) is 0 Å². The Kier molecular flexibility index (Phi) is 5.37. The summed E-state index contributed by atoms with van der Waals surface area (Å²) in [5.41, 5.74) is 0.885. The lowest BCUT2D eigenvalue weighted by atomic mass is 9.93. The van der Waals surface area contributed by atoms with E-state index in [1.807, 2.05) is 4.90 Å². The molecule has 1 N–H and O–H groups in total. The SMILES string of the molecule is CCC1CN(CC(=O)N2CCN(C)CC2)CCC1=NO. The molecule has 0 aromatic heterocycles. The van der Waals surface area contributed by atoms with Crippen LogP contribution in [0.1, 0.15) is 19.8 Å². The average molecular weight is 282 g/mol. The highest BCUT2D eigenvalue weighted by molar-refractivity contribution is 5.87. The van der Waals surface area contributed by atoms with E-state index in [4.69, 9.17) is 5.21 Å². The number of carbonyl (C=O) groups excluding carboxylic acids is 1. The summed E-state index contributed by atoms with van der Waals surface area (Å²) in [5, 5.41) is 12.4. The van der Waals surface area contributed by atoms with Crippen molar-refractivity contribution in [3.8, 4) is 0 Å². The molecule has 20 heavy (non-hydrogen) atoms. The Hall–Kier alpha value is -1.14. The zero-order valence-corrected chi connectivity index (χ0v) is 12.6. The minimum Gasteiger partial charge on any atom is -0.411 e. The third kappa shape index (κ3) is 3.70. The summed E-state index contributed by atoms with van der Waals surface area (Å²) in [6, 6.07) is 0. The fourth-order valence-corrected chi connectivity index (χ4v) is 2.97. The summed E-state index contributed by atoms with van der Waals surface area (Å²) < 4.78 is 0. The van der Waals surface area contributed by atoms with Gasteiger partial charge in [0.1, 0.15) is 0 Å². The first kappa shape index (κ1) is 15.3. The zero-order valence-electron chi connectivity index (χ0n) is 12.6. The van der Waals surface area contributed by atoms with Crippen LogP contribution < -0.4 is 0 Å². The van der Waals surface area contributed by atoms with E-state index in [-0.39, 0.29) is 11.8 Å². The molecule has 2 aliphatic heterocycles. The van der Waals surface area contributed by atoms with Crippen LogP contribution in [0.15, 0.2) is 5.16 Å². The van der Waals surface area contributed by atoms with E-state index in [1.165, 1.54) is 0 Å². The van der Waals surface area contributed by atoms with Crippen molar-refractivity contribution >= 4 is 11.6 Å². The van der Waals surface area contributed by atoms with Crippen LogP contribution in [0, 0.1) is 5.92 Å². The second-order valence-corrected chi connectivity index (χ2v) is 5.87. The van der Waals surface area contributed by atoms with Crippen molar-refractivity contribution in [2.24, 2.45) is 11.1 Å². The van der Waals surface area contributed by atoms with Crippen LogP contribution in [0.3, 0.4) is 0 Å². The molecule has 0 radical (unpaired) electrons. The molecule has 6 nitrogen and oxygen atoms in total. The summed E-state index contributed by atoms with van der Waals surface area (Å²) in [7, 11) is 2.09. The Balaban J connectivity index is 1.83. The number of oxime groups is 1. The number of amides is 1. The van der Waals surface area contributed by atoms with Crippen molar-refractivity contribution in [3.05, 3.63) is 0 Å². The highest BCUT2D eigenvalue weighted by atomic mass is 16.4. The minimum absolute atomic E-state index is 0.234. The second kappa shape index (κ2) is 7.04. The largest absolute Gasteiger partial charge is 0.411 e. The van der Waals surface area contributed by atoms with Gasteiger partial charge in [-0.1, -0.05) is 12.1 Å². The van der Waals surface area contributed by atoms with Gasteiger partial charge in [0.25, 0.3) is 0 Å². The molecule has 6 heteroatoms. The maximum absolute atomic E-state index is 12.3. The van der Waals surface area contributed by atoms with Gasteiger partial charge in [0, 0.05) is 51.6 Å². The summed E-state index contributed by atoms with van der Waals surface area (Å²) in [6.07, 6.45) is 1.73. The van der Waals surface area contributed by atoms with Gasteiger partial charge in [-0.3, -0.25) is 9.69 Å². The minimum atomic E-state index is 0.234. The number of likely N-dealkylation sites (N-methyl/N-ethyl adjacent to an activating group) is 1. The second-order valence-electron chi connectivity index (χ2n) is 5.87. The zero-order chi connectivity index (χ0) is 14.5. The summed E-state index contributed by atoms with van der Waals surface area (Å²) in [6.45, 7) is 7.84. The molecule has 114 valence electrons. The summed E-state index contributed by atoms with van der Waals surface area (Å²) in [4.78, 5) is 18.7. The monoisotopic (exact) mass is 282 g/mol. The molecule has 2 heterocycles. The third-order valence-corrected chi connectivity index (χ3v) is 4.47. The molecule has 2 rings (SSSR count). The van der Waals surface area contributed by atoms with Crippen molar-refractivity contribution in [2.45, 2.75) is 19.8 Å². The number of likely N-dealkylation sites (tertiary alicyclic amines) is 1. The Morgan fingerprint density at radius 3 is 2.60 bits per heavy atom. The predicted octanol–water partition coefficient (Wildman–Crippen LogP) is 0.323. The van der Waals surface area contributed by atoms with E-state index in [1.54, 1.807) is 0 Å². The van der Waals surface area contributed by atoms with Gasteiger partial charge in [-0.2, -0.15) is 0 Å². The molecule has 0 spiro atoms. The molecular weight excluding hydrogens is 256 g/mol. The smallest absolute Gasteiger partial charge is 0.236 e. The van der Waals surface area contributed by atoms with Crippen molar-refractivity contribution in [1.82, 2.24) is 14.7 Å². The molecule has 1 atom stereocenters. The van der Waals surface area contributed by atoms with Crippen molar-refractivity contribution in [1.29, 1.82) is 0 Å². The predicted molar refractivity (Wildman–Crippen MR) is 78.1 cm³/mol. The molecule has 2 aliphatic rings. The van der Waals surface area contributed by atoms with Gasteiger partial charge >= 0.3 is 0 Å². The van der Waals surface area contributed by atoms with E-state index in [0.29, 0.717) is 6.54 Å². The van der Waals surface area contributed by atoms with Crippen molar-refractivity contribution in [2.75, 3.05) is 52.9 Å². The molecule has 0 aromatic carbocycles. The topological polar surface area (TPSA) is 59.4 Å². The molecular formula is C14H26N4O2. The maximum atomic E-state index is 12.3.